The van der Waals surface area contributed by atoms with Crippen LogP contribution in [0.2, 0.25) is 0 Å². The zero-order chi connectivity index (χ0) is 17.7. The summed E-state index contributed by atoms with van der Waals surface area (Å²) >= 11 is 0. The van der Waals surface area contributed by atoms with Gasteiger partial charge in [0.2, 0.25) is 5.91 Å². The molecule has 25 heavy (non-hydrogen) atoms. The molecule has 0 unspecified atom stereocenters. The van der Waals surface area contributed by atoms with Gasteiger partial charge in [0, 0.05) is 32.2 Å². The quantitative estimate of drug-likeness (QED) is 0.887. The van der Waals surface area contributed by atoms with Crippen LogP contribution in [0.25, 0.3) is 0 Å². The van der Waals surface area contributed by atoms with E-state index in [9.17, 15) is 9.90 Å². The van der Waals surface area contributed by atoms with E-state index in [4.69, 9.17) is 9.47 Å². The first-order valence-corrected chi connectivity index (χ1v) is 9.29. The standard InChI is InChI=1S/C20H29NO4/c1-16-13-21(10-9-20(16,23)18-7-11-24-12-8-18)19(22)15-25-14-17-5-3-2-4-6-17/h2-6,16,18,23H,7-15H2,1H3/t16-,20+/m1/s1. The van der Waals surface area contributed by atoms with Gasteiger partial charge < -0.3 is 19.5 Å². The molecule has 1 aromatic rings. The van der Waals surface area contributed by atoms with E-state index in [1.807, 2.05) is 35.2 Å². The summed E-state index contributed by atoms with van der Waals surface area (Å²) in [5, 5.41) is 11.2. The van der Waals surface area contributed by atoms with Crippen molar-refractivity contribution >= 4 is 5.91 Å². The average molecular weight is 347 g/mol. The number of hydrogen-bond donors (Lipinski definition) is 1. The Morgan fingerprint density at radius 1 is 1.32 bits per heavy atom. The second-order valence-electron chi connectivity index (χ2n) is 7.35. The Labute approximate surface area is 149 Å². The molecule has 2 aliphatic rings. The van der Waals surface area contributed by atoms with Crippen molar-refractivity contribution < 1.29 is 19.4 Å². The average Bonchev–Trinajstić information content (AvgIpc) is 2.65. The van der Waals surface area contributed by atoms with Gasteiger partial charge in [-0.1, -0.05) is 37.3 Å². The summed E-state index contributed by atoms with van der Waals surface area (Å²) in [6.07, 6.45) is 2.47. The predicted molar refractivity (Wildman–Crippen MR) is 95.0 cm³/mol. The maximum Gasteiger partial charge on any atom is 0.248 e. The minimum atomic E-state index is -0.675. The highest BCUT2D eigenvalue weighted by Crippen LogP contribution is 2.39. The Hall–Kier alpha value is -1.43. The van der Waals surface area contributed by atoms with Crippen molar-refractivity contribution in [1.29, 1.82) is 0 Å². The molecule has 0 spiro atoms. The van der Waals surface area contributed by atoms with Gasteiger partial charge >= 0.3 is 0 Å². The van der Waals surface area contributed by atoms with E-state index < -0.39 is 5.60 Å². The molecule has 2 atom stereocenters. The number of rotatable bonds is 5. The Balaban J connectivity index is 1.47. The van der Waals surface area contributed by atoms with Gasteiger partial charge in [-0.25, -0.2) is 0 Å². The van der Waals surface area contributed by atoms with Crippen molar-refractivity contribution in [1.82, 2.24) is 4.90 Å². The van der Waals surface area contributed by atoms with Crippen LogP contribution in [0.15, 0.2) is 30.3 Å². The zero-order valence-electron chi connectivity index (χ0n) is 15.0. The van der Waals surface area contributed by atoms with Crippen LogP contribution in [0.5, 0.6) is 0 Å². The summed E-state index contributed by atoms with van der Waals surface area (Å²) in [5.74, 6) is 0.363. The van der Waals surface area contributed by atoms with Gasteiger partial charge in [-0.3, -0.25) is 4.79 Å². The number of likely N-dealkylation sites (tertiary alicyclic amines) is 1. The summed E-state index contributed by atoms with van der Waals surface area (Å²) in [5.41, 5.74) is 0.391. The molecule has 0 aliphatic carbocycles. The number of nitrogens with zero attached hydrogens (tertiary/aromatic N) is 1. The molecule has 0 aromatic heterocycles. The number of aliphatic hydroxyl groups is 1. The molecule has 2 aliphatic heterocycles. The van der Waals surface area contributed by atoms with Crippen molar-refractivity contribution in [3.63, 3.8) is 0 Å². The van der Waals surface area contributed by atoms with Crippen LogP contribution >= 0.6 is 0 Å². The van der Waals surface area contributed by atoms with Gasteiger partial charge in [0.1, 0.15) is 6.61 Å². The summed E-state index contributed by atoms with van der Waals surface area (Å²) in [6, 6.07) is 9.86. The Bertz CT molecular complexity index is 558. The van der Waals surface area contributed by atoms with Crippen LogP contribution in [-0.2, 0) is 20.9 Å². The first kappa shape index (κ1) is 18.4. The molecule has 138 valence electrons. The molecular weight excluding hydrogens is 318 g/mol. The van der Waals surface area contributed by atoms with Gasteiger partial charge in [0.15, 0.2) is 0 Å². The third kappa shape index (κ3) is 4.40. The molecule has 0 saturated carbocycles. The van der Waals surface area contributed by atoms with E-state index in [0.717, 1.165) is 31.6 Å². The monoisotopic (exact) mass is 347 g/mol. The third-order valence-corrected chi connectivity index (χ3v) is 5.75. The largest absolute Gasteiger partial charge is 0.389 e. The predicted octanol–water partition coefficient (Wildman–Crippen LogP) is 2.23. The summed E-state index contributed by atoms with van der Waals surface area (Å²) in [6.45, 7) is 5.26. The van der Waals surface area contributed by atoms with E-state index in [0.29, 0.717) is 26.1 Å². The molecule has 0 radical (unpaired) electrons. The topological polar surface area (TPSA) is 59.0 Å². The Kier molecular flexibility index (Phi) is 6.10. The molecule has 1 N–H and O–H groups in total. The lowest BCUT2D eigenvalue weighted by molar-refractivity contribution is -0.155. The van der Waals surface area contributed by atoms with Crippen LogP contribution in [0.1, 0.15) is 31.7 Å². The van der Waals surface area contributed by atoms with Crippen molar-refractivity contribution in [2.75, 3.05) is 32.9 Å². The molecule has 1 amide bonds. The van der Waals surface area contributed by atoms with Crippen molar-refractivity contribution in [2.45, 2.75) is 38.4 Å². The highest BCUT2D eigenvalue weighted by atomic mass is 16.5. The lowest BCUT2D eigenvalue weighted by atomic mass is 9.70. The number of ether oxygens (including phenoxy) is 2. The fourth-order valence-corrected chi connectivity index (χ4v) is 4.09. The Morgan fingerprint density at radius 3 is 2.72 bits per heavy atom. The van der Waals surface area contributed by atoms with Gasteiger partial charge in [-0.05, 0) is 30.7 Å². The minimum absolute atomic E-state index is 0.0109. The smallest absolute Gasteiger partial charge is 0.248 e. The molecule has 0 bridgehead atoms. The minimum Gasteiger partial charge on any atom is -0.389 e. The number of carbonyl (C=O) groups excluding carboxylic acids is 1. The highest BCUT2D eigenvalue weighted by molar-refractivity contribution is 5.77. The molecule has 1 aromatic carbocycles. The molecule has 5 nitrogen and oxygen atoms in total. The summed E-state index contributed by atoms with van der Waals surface area (Å²) in [4.78, 5) is 14.3. The van der Waals surface area contributed by atoms with Crippen molar-refractivity contribution in [3.8, 4) is 0 Å². The fourth-order valence-electron chi connectivity index (χ4n) is 4.09. The van der Waals surface area contributed by atoms with Crippen LogP contribution in [0.4, 0.5) is 0 Å². The Morgan fingerprint density at radius 2 is 2.04 bits per heavy atom. The van der Waals surface area contributed by atoms with E-state index in [-0.39, 0.29) is 24.3 Å². The van der Waals surface area contributed by atoms with Gasteiger partial charge in [-0.2, -0.15) is 0 Å². The SMILES string of the molecule is C[C@@H]1CN(C(=O)COCc2ccccc2)CC[C@@]1(O)C1CCOCC1. The normalized spacial score (nSPS) is 28.1. The number of hydrogen-bond acceptors (Lipinski definition) is 4. The first-order valence-electron chi connectivity index (χ1n) is 9.29. The van der Waals surface area contributed by atoms with E-state index in [2.05, 4.69) is 6.92 Å². The fraction of sp³-hybridized carbons (Fsp3) is 0.650. The van der Waals surface area contributed by atoms with Crippen LogP contribution < -0.4 is 0 Å². The third-order valence-electron chi connectivity index (χ3n) is 5.75. The molecule has 2 heterocycles. The lowest BCUT2D eigenvalue weighted by Crippen LogP contribution is -2.57. The highest BCUT2D eigenvalue weighted by Gasteiger charge is 2.45. The first-order chi connectivity index (χ1) is 12.1. The number of carbonyl (C=O) groups is 1. The van der Waals surface area contributed by atoms with Gasteiger partial charge in [0.25, 0.3) is 0 Å². The molecule has 3 rings (SSSR count). The van der Waals surface area contributed by atoms with E-state index >= 15 is 0 Å². The number of amides is 1. The van der Waals surface area contributed by atoms with Crippen LogP contribution in [-0.4, -0.2) is 54.4 Å². The maximum absolute atomic E-state index is 12.4. The van der Waals surface area contributed by atoms with Gasteiger partial charge in [-0.15, -0.1) is 0 Å². The van der Waals surface area contributed by atoms with E-state index in [1.54, 1.807) is 0 Å². The second-order valence-corrected chi connectivity index (χ2v) is 7.35. The zero-order valence-corrected chi connectivity index (χ0v) is 15.0. The van der Waals surface area contributed by atoms with Gasteiger partial charge in [0.05, 0.1) is 12.2 Å². The molecule has 2 saturated heterocycles. The maximum atomic E-state index is 12.4. The molecule has 2 fully saturated rings. The van der Waals surface area contributed by atoms with Crippen LogP contribution in [0, 0.1) is 11.8 Å². The second kappa shape index (κ2) is 8.30. The molecular formula is C20H29NO4. The van der Waals surface area contributed by atoms with Crippen LogP contribution in [0.3, 0.4) is 0 Å². The van der Waals surface area contributed by atoms with Crippen molar-refractivity contribution in [3.05, 3.63) is 35.9 Å². The van der Waals surface area contributed by atoms with E-state index in [1.165, 1.54) is 0 Å². The summed E-state index contributed by atoms with van der Waals surface area (Å²) in [7, 11) is 0. The number of piperidine rings is 1. The summed E-state index contributed by atoms with van der Waals surface area (Å²) < 4.78 is 11.0. The molecule has 5 heteroatoms. The lowest BCUT2D eigenvalue weighted by Gasteiger charge is -2.48. The number of benzene rings is 1. The van der Waals surface area contributed by atoms with Crippen molar-refractivity contribution in [2.24, 2.45) is 11.8 Å².